The first-order valence-corrected chi connectivity index (χ1v) is 9.10. The summed E-state index contributed by atoms with van der Waals surface area (Å²) < 4.78 is 15.2. The standard InChI is InChI=1S/C19H17FN4S/c20-16-8-10-17(11-9-16)23-12-13-24-18(23)21-22-19(24)25-14-4-7-15-5-2-1-3-6-15/h1-11H,12-14H2/b7-4+. The number of fused-ring (bicyclic) bond motifs is 1. The van der Waals surface area contributed by atoms with Gasteiger partial charge in [0.1, 0.15) is 5.82 Å². The van der Waals surface area contributed by atoms with E-state index in [2.05, 4.69) is 43.9 Å². The molecule has 3 aromatic rings. The van der Waals surface area contributed by atoms with Gasteiger partial charge in [-0.1, -0.05) is 54.2 Å². The highest BCUT2D eigenvalue weighted by molar-refractivity contribution is 7.99. The number of benzene rings is 2. The van der Waals surface area contributed by atoms with E-state index in [1.165, 1.54) is 17.7 Å². The van der Waals surface area contributed by atoms with Gasteiger partial charge in [0, 0.05) is 24.5 Å². The van der Waals surface area contributed by atoms with E-state index in [9.17, 15) is 4.39 Å². The summed E-state index contributed by atoms with van der Waals surface area (Å²) >= 11 is 1.67. The quantitative estimate of drug-likeness (QED) is 0.639. The van der Waals surface area contributed by atoms with Crippen LogP contribution in [0.15, 0.2) is 65.8 Å². The number of thioether (sulfide) groups is 1. The lowest BCUT2D eigenvalue weighted by atomic mass is 10.2. The Morgan fingerprint density at radius 3 is 2.60 bits per heavy atom. The van der Waals surface area contributed by atoms with Crippen molar-refractivity contribution in [3.05, 3.63) is 72.1 Å². The van der Waals surface area contributed by atoms with Crippen molar-refractivity contribution < 1.29 is 4.39 Å². The van der Waals surface area contributed by atoms with Crippen LogP contribution in [0.2, 0.25) is 0 Å². The van der Waals surface area contributed by atoms with Gasteiger partial charge >= 0.3 is 0 Å². The van der Waals surface area contributed by atoms with Crippen molar-refractivity contribution in [3.8, 4) is 0 Å². The van der Waals surface area contributed by atoms with E-state index < -0.39 is 0 Å². The smallest absolute Gasteiger partial charge is 0.232 e. The molecule has 1 aromatic heterocycles. The van der Waals surface area contributed by atoms with Gasteiger partial charge in [0.2, 0.25) is 5.95 Å². The Balaban J connectivity index is 1.43. The number of nitrogens with zero attached hydrogens (tertiary/aromatic N) is 4. The van der Waals surface area contributed by atoms with Crippen molar-refractivity contribution in [1.82, 2.24) is 14.8 Å². The van der Waals surface area contributed by atoms with Gasteiger partial charge in [0.25, 0.3) is 0 Å². The minimum atomic E-state index is -0.231. The number of rotatable bonds is 5. The molecular weight excluding hydrogens is 335 g/mol. The molecule has 0 N–H and O–H groups in total. The Kier molecular flexibility index (Phi) is 4.52. The molecule has 126 valence electrons. The van der Waals surface area contributed by atoms with Gasteiger partial charge in [-0.2, -0.15) is 0 Å². The summed E-state index contributed by atoms with van der Waals surface area (Å²) in [5, 5.41) is 9.53. The molecule has 0 amide bonds. The highest BCUT2D eigenvalue weighted by atomic mass is 32.2. The molecular formula is C19H17FN4S. The molecule has 0 fully saturated rings. The number of halogens is 1. The number of anilines is 2. The summed E-state index contributed by atoms with van der Waals surface area (Å²) in [6.45, 7) is 1.66. The molecule has 0 saturated heterocycles. The first kappa shape index (κ1) is 15.9. The zero-order valence-corrected chi connectivity index (χ0v) is 14.4. The summed E-state index contributed by atoms with van der Waals surface area (Å²) in [7, 11) is 0. The fraction of sp³-hybridized carbons (Fsp3) is 0.158. The molecule has 0 spiro atoms. The summed E-state index contributed by atoms with van der Waals surface area (Å²) in [4.78, 5) is 2.07. The largest absolute Gasteiger partial charge is 0.309 e. The monoisotopic (exact) mass is 352 g/mol. The Labute approximate surface area is 150 Å². The molecule has 0 saturated carbocycles. The van der Waals surface area contributed by atoms with E-state index in [0.717, 1.165) is 35.6 Å². The maximum atomic E-state index is 13.1. The Morgan fingerprint density at radius 1 is 1.00 bits per heavy atom. The predicted octanol–water partition coefficient (Wildman–Crippen LogP) is 4.37. The maximum absolute atomic E-state index is 13.1. The minimum Gasteiger partial charge on any atom is -0.309 e. The molecule has 4 nitrogen and oxygen atoms in total. The number of hydrogen-bond acceptors (Lipinski definition) is 4. The lowest BCUT2D eigenvalue weighted by Crippen LogP contribution is -2.14. The Hall–Kier alpha value is -2.60. The Bertz CT molecular complexity index is 874. The first-order valence-electron chi connectivity index (χ1n) is 8.12. The van der Waals surface area contributed by atoms with Crippen LogP contribution < -0.4 is 4.90 Å². The Morgan fingerprint density at radius 2 is 1.80 bits per heavy atom. The molecule has 2 heterocycles. The van der Waals surface area contributed by atoms with Crippen molar-refractivity contribution in [3.63, 3.8) is 0 Å². The molecule has 4 rings (SSSR count). The van der Waals surface area contributed by atoms with Gasteiger partial charge in [-0.25, -0.2) is 4.39 Å². The van der Waals surface area contributed by atoms with Crippen LogP contribution in [0, 0.1) is 5.82 Å². The summed E-state index contributed by atoms with van der Waals surface area (Å²) in [6.07, 6.45) is 4.24. The van der Waals surface area contributed by atoms with Crippen LogP contribution in [0.25, 0.3) is 6.08 Å². The van der Waals surface area contributed by atoms with Gasteiger partial charge in [0.15, 0.2) is 5.16 Å². The van der Waals surface area contributed by atoms with Gasteiger partial charge in [-0.05, 0) is 29.8 Å². The van der Waals surface area contributed by atoms with Crippen molar-refractivity contribution in [2.75, 3.05) is 17.2 Å². The van der Waals surface area contributed by atoms with Crippen LogP contribution in [0.3, 0.4) is 0 Å². The summed E-state index contributed by atoms with van der Waals surface area (Å²) in [6, 6.07) is 16.7. The lowest BCUT2D eigenvalue weighted by Gasteiger charge is -2.14. The first-order chi connectivity index (χ1) is 12.3. The van der Waals surface area contributed by atoms with Gasteiger partial charge in [0.05, 0.1) is 0 Å². The second-order valence-electron chi connectivity index (χ2n) is 5.69. The third-order valence-electron chi connectivity index (χ3n) is 4.04. The minimum absolute atomic E-state index is 0.231. The normalized spacial score (nSPS) is 13.6. The molecule has 0 atom stereocenters. The molecule has 0 bridgehead atoms. The molecule has 0 unspecified atom stereocenters. The van der Waals surface area contributed by atoms with Crippen LogP contribution in [0.1, 0.15) is 5.56 Å². The van der Waals surface area contributed by atoms with E-state index in [1.807, 2.05) is 18.2 Å². The zero-order valence-electron chi connectivity index (χ0n) is 13.5. The van der Waals surface area contributed by atoms with Crippen LogP contribution in [0.5, 0.6) is 0 Å². The summed E-state index contributed by atoms with van der Waals surface area (Å²) in [5.74, 6) is 1.43. The van der Waals surface area contributed by atoms with E-state index in [0.29, 0.717) is 0 Å². The third kappa shape index (κ3) is 3.44. The van der Waals surface area contributed by atoms with Crippen molar-refractivity contribution in [2.24, 2.45) is 0 Å². The van der Waals surface area contributed by atoms with Gasteiger partial charge < -0.3 is 4.90 Å². The second-order valence-corrected chi connectivity index (χ2v) is 6.67. The zero-order chi connectivity index (χ0) is 17.1. The highest BCUT2D eigenvalue weighted by Crippen LogP contribution is 2.32. The van der Waals surface area contributed by atoms with Crippen LogP contribution in [-0.2, 0) is 6.54 Å². The SMILES string of the molecule is Fc1ccc(N2CCn3c(SC/C=C/c4ccccc4)nnc32)cc1. The van der Waals surface area contributed by atoms with E-state index in [-0.39, 0.29) is 5.82 Å². The van der Waals surface area contributed by atoms with Crippen molar-refractivity contribution in [2.45, 2.75) is 11.7 Å². The number of aromatic nitrogens is 3. The predicted molar refractivity (Wildman–Crippen MR) is 99.6 cm³/mol. The molecule has 0 aliphatic carbocycles. The molecule has 1 aliphatic rings. The van der Waals surface area contributed by atoms with Gasteiger partial charge in [-0.15, -0.1) is 10.2 Å². The van der Waals surface area contributed by atoms with Crippen molar-refractivity contribution in [1.29, 1.82) is 0 Å². The van der Waals surface area contributed by atoms with Crippen molar-refractivity contribution >= 4 is 29.5 Å². The van der Waals surface area contributed by atoms with E-state index in [1.54, 1.807) is 23.9 Å². The van der Waals surface area contributed by atoms with E-state index in [4.69, 9.17) is 0 Å². The molecule has 25 heavy (non-hydrogen) atoms. The fourth-order valence-corrected chi connectivity index (χ4v) is 3.59. The molecule has 6 heteroatoms. The lowest BCUT2D eigenvalue weighted by molar-refractivity contribution is 0.627. The van der Waals surface area contributed by atoms with Gasteiger partial charge in [-0.3, -0.25) is 4.57 Å². The topological polar surface area (TPSA) is 34.0 Å². The van der Waals surface area contributed by atoms with Crippen LogP contribution in [-0.4, -0.2) is 27.1 Å². The third-order valence-corrected chi connectivity index (χ3v) is 4.96. The second kappa shape index (κ2) is 7.11. The molecule has 2 aromatic carbocycles. The number of hydrogen-bond donors (Lipinski definition) is 0. The van der Waals surface area contributed by atoms with E-state index >= 15 is 0 Å². The fourth-order valence-electron chi connectivity index (χ4n) is 2.82. The van der Waals surface area contributed by atoms with Crippen LogP contribution in [0.4, 0.5) is 16.0 Å². The molecule has 0 radical (unpaired) electrons. The average molecular weight is 352 g/mol. The summed E-state index contributed by atoms with van der Waals surface area (Å²) in [5.41, 5.74) is 2.13. The van der Waals surface area contributed by atoms with Crippen LogP contribution >= 0.6 is 11.8 Å². The highest BCUT2D eigenvalue weighted by Gasteiger charge is 2.25. The molecule has 1 aliphatic heterocycles. The maximum Gasteiger partial charge on any atom is 0.232 e. The average Bonchev–Trinajstić information content (AvgIpc) is 3.23.